The third-order valence-electron chi connectivity index (χ3n) is 4.55. The highest BCUT2D eigenvalue weighted by molar-refractivity contribution is 6.31. The zero-order valence-corrected chi connectivity index (χ0v) is 14.8. The second-order valence-electron chi connectivity index (χ2n) is 6.42. The van der Waals surface area contributed by atoms with Crippen molar-refractivity contribution in [1.29, 1.82) is 0 Å². The minimum atomic E-state index is 0.0371. The van der Waals surface area contributed by atoms with Gasteiger partial charge in [0.25, 0.3) is 5.95 Å². The van der Waals surface area contributed by atoms with Crippen molar-refractivity contribution in [2.45, 2.75) is 32.6 Å². The van der Waals surface area contributed by atoms with Crippen molar-refractivity contribution in [2.75, 3.05) is 0 Å². The van der Waals surface area contributed by atoms with Gasteiger partial charge in [-0.15, -0.1) is 0 Å². The molecule has 6 heteroatoms. The molecule has 0 saturated carbocycles. The molecule has 126 valence electrons. The topological polar surface area (TPSA) is 60.7 Å². The van der Waals surface area contributed by atoms with E-state index in [0.29, 0.717) is 29.4 Å². The highest BCUT2D eigenvalue weighted by atomic mass is 35.5. The monoisotopic (exact) mass is 352 g/mol. The van der Waals surface area contributed by atoms with E-state index in [-0.39, 0.29) is 11.7 Å². The minimum Gasteiger partial charge on any atom is -0.294 e. The molecular formula is C19H17ClN4O. The maximum atomic E-state index is 12.6. The largest absolute Gasteiger partial charge is 0.294 e. The summed E-state index contributed by atoms with van der Waals surface area (Å²) in [5.74, 6) is 0.628. The van der Waals surface area contributed by atoms with E-state index in [1.165, 1.54) is 0 Å². The van der Waals surface area contributed by atoms with Gasteiger partial charge in [0, 0.05) is 22.8 Å². The highest BCUT2D eigenvalue weighted by Gasteiger charge is 2.31. The van der Waals surface area contributed by atoms with Crippen molar-refractivity contribution in [3.63, 3.8) is 0 Å². The fourth-order valence-electron chi connectivity index (χ4n) is 3.44. The predicted octanol–water partition coefficient (Wildman–Crippen LogP) is 3.85. The molecule has 3 aromatic rings. The van der Waals surface area contributed by atoms with Crippen LogP contribution in [0.15, 0.2) is 36.5 Å². The Kier molecular flexibility index (Phi) is 3.88. The SMILES string of the molecule is Cc1cc(C)nc(-n2ncc3c2C[C@H](c2ccccc2Cl)CC3=O)n1. The van der Waals surface area contributed by atoms with Crippen LogP contribution < -0.4 is 0 Å². The first-order valence-corrected chi connectivity index (χ1v) is 8.58. The Hall–Kier alpha value is -2.53. The van der Waals surface area contributed by atoms with Gasteiger partial charge in [0.05, 0.1) is 17.5 Å². The van der Waals surface area contributed by atoms with E-state index in [1.54, 1.807) is 10.9 Å². The van der Waals surface area contributed by atoms with E-state index in [9.17, 15) is 4.79 Å². The van der Waals surface area contributed by atoms with Gasteiger partial charge < -0.3 is 0 Å². The normalized spacial score (nSPS) is 16.8. The van der Waals surface area contributed by atoms with Crippen LogP contribution in [0.3, 0.4) is 0 Å². The number of aromatic nitrogens is 4. The van der Waals surface area contributed by atoms with E-state index in [2.05, 4.69) is 15.1 Å². The number of carbonyl (C=O) groups excluding carboxylic acids is 1. The summed E-state index contributed by atoms with van der Waals surface area (Å²) in [5, 5.41) is 5.08. The Labute approximate surface area is 150 Å². The van der Waals surface area contributed by atoms with E-state index < -0.39 is 0 Å². The number of hydrogen-bond donors (Lipinski definition) is 0. The summed E-state index contributed by atoms with van der Waals surface area (Å²) in [5.41, 5.74) is 4.25. The Morgan fingerprint density at radius 2 is 1.84 bits per heavy atom. The van der Waals surface area contributed by atoms with Crippen LogP contribution in [-0.4, -0.2) is 25.5 Å². The zero-order valence-electron chi connectivity index (χ0n) is 14.0. The van der Waals surface area contributed by atoms with Crippen molar-refractivity contribution in [1.82, 2.24) is 19.7 Å². The molecule has 2 heterocycles. The molecule has 0 bridgehead atoms. The molecule has 0 unspecified atom stereocenters. The summed E-state index contributed by atoms with van der Waals surface area (Å²) in [6, 6.07) is 9.61. The maximum absolute atomic E-state index is 12.6. The van der Waals surface area contributed by atoms with E-state index in [1.807, 2.05) is 44.2 Å². The molecule has 0 aliphatic heterocycles. The summed E-state index contributed by atoms with van der Waals surface area (Å²) in [4.78, 5) is 21.6. The van der Waals surface area contributed by atoms with E-state index >= 15 is 0 Å². The molecule has 1 aliphatic carbocycles. The summed E-state index contributed by atoms with van der Waals surface area (Å²) in [6.45, 7) is 3.84. The molecular weight excluding hydrogens is 336 g/mol. The first-order chi connectivity index (χ1) is 12.0. The standard InChI is InChI=1S/C19H17ClN4O/c1-11-7-12(2)23-19(22-11)24-17-8-13(9-18(25)15(17)10-21-24)14-5-3-4-6-16(14)20/h3-7,10,13H,8-9H2,1-2H3/t13-/m0/s1. The number of rotatable bonds is 2. The molecule has 0 radical (unpaired) electrons. The number of Topliss-reactive ketones (excluding diaryl/α,β-unsaturated/α-hetero) is 1. The molecule has 25 heavy (non-hydrogen) atoms. The van der Waals surface area contributed by atoms with Gasteiger partial charge in [-0.25, -0.2) is 14.6 Å². The molecule has 0 N–H and O–H groups in total. The van der Waals surface area contributed by atoms with Gasteiger partial charge in [0.1, 0.15) is 0 Å². The molecule has 0 spiro atoms. The second-order valence-corrected chi connectivity index (χ2v) is 6.82. The van der Waals surface area contributed by atoms with Gasteiger partial charge in [-0.3, -0.25) is 4.79 Å². The molecule has 0 saturated heterocycles. The van der Waals surface area contributed by atoms with Crippen LogP contribution in [0.25, 0.3) is 5.95 Å². The zero-order chi connectivity index (χ0) is 17.6. The van der Waals surface area contributed by atoms with E-state index in [4.69, 9.17) is 11.6 Å². The van der Waals surface area contributed by atoms with Crippen LogP contribution in [0, 0.1) is 13.8 Å². The molecule has 1 atom stereocenters. The van der Waals surface area contributed by atoms with Crippen LogP contribution in [0.5, 0.6) is 0 Å². The summed E-state index contributed by atoms with van der Waals surface area (Å²) in [6.07, 6.45) is 2.75. The number of fused-ring (bicyclic) bond motifs is 1. The van der Waals surface area contributed by atoms with Crippen molar-refractivity contribution >= 4 is 17.4 Å². The lowest BCUT2D eigenvalue weighted by molar-refractivity contribution is 0.0964. The van der Waals surface area contributed by atoms with Crippen LogP contribution in [0.1, 0.15) is 45.3 Å². The molecule has 1 aliphatic rings. The smallest absolute Gasteiger partial charge is 0.251 e. The Balaban J connectivity index is 1.79. The van der Waals surface area contributed by atoms with Gasteiger partial charge in [-0.05, 0) is 43.9 Å². The lowest BCUT2D eigenvalue weighted by atomic mass is 9.82. The van der Waals surface area contributed by atoms with Crippen LogP contribution in [0.4, 0.5) is 0 Å². The lowest BCUT2D eigenvalue weighted by Crippen LogP contribution is -2.21. The summed E-state index contributed by atoms with van der Waals surface area (Å²) >= 11 is 6.35. The molecule has 1 aromatic carbocycles. The molecule has 5 nitrogen and oxygen atoms in total. The summed E-state index contributed by atoms with van der Waals surface area (Å²) < 4.78 is 1.69. The Bertz CT molecular complexity index is 959. The van der Waals surface area contributed by atoms with Crippen molar-refractivity contribution in [3.05, 3.63) is 69.8 Å². The lowest BCUT2D eigenvalue weighted by Gasteiger charge is -2.23. The van der Waals surface area contributed by atoms with Crippen molar-refractivity contribution < 1.29 is 4.79 Å². The fourth-order valence-corrected chi connectivity index (χ4v) is 3.73. The van der Waals surface area contributed by atoms with Gasteiger partial charge >= 0.3 is 0 Å². The average molecular weight is 353 g/mol. The number of nitrogens with zero attached hydrogens (tertiary/aromatic N) is 4. The number of ketones is 1. The summed E-state index contributed by atoms with van der Waals surface area (Å²) in [7, 11) is 0. The fraction of sp³-hybridized carbons (Fsp3) is 0.263. The van der Waals surface area contributed by atoms with Crippen LogP contribution >= 0.6 is 11.6 Å². The Morgan fingerprint density at radius 3 is 2.56 bits per heavy atom. The number of benzene rings is 1. The molecule has 4 rings (SSSR count). The second kappa shape index (κ2) is 6.08. The number of aryl methyl sites for hydroxylation is 2. The van der Waals surface area contributed by atoms with Gasteiger partial charge in [0.2, 0.25) is 0 Å². The Morgan fingerprint density at radius 1 is 1.12 bits per heavy atom. The third kappa shape index (κ3) is 2.85. The number of carbonyl (C=O) groups is 1. The van der Waals surface area contributed by atoms with Gasteiger partial charge in [-0.1, -0.05) is 29.8 Å². The quantitative estimate of drug-likeness (QED) is 0.703. The minimum absolute atomic E-state index is 0.0371. The first-order valence-electron chi connectivity index (χ1n) is 8.20. The number of halogens is 1. The van der Waals surface area contributed by atoms with Crippen LogP contribution in [-0.2, 0) is 6.42 Å². The average Bonchev–Trinajstić information content (AvgIpc) is 2.99. The molecule has 0 amide bonds. The molecule has 2 aromatic heterocycles. The van der Waals surface area contributed by atoms with E-state index in [0.717, 1.165) is 22.6 Å². The van der Waals surface area contributed by atoms with Crippen molar-refractivity contribution in [3.8, 4) is 5.95 Å². The third-order valence-corrected chi connectivity index (χ3v) is 4.89. The van der Waals surface area contributed by atoms with Crippen LogP contribution in [0.2, 0.25) is 5.02 Å². The highest BCUT2D eigenvalue weighted by Crippen LogP contribution is 2.36. The van der Waals surface area contributed by atoms with Crippen molar-refractivity contribution in [2.24, 2.45) is 0 Å². The maximum Gasteiger partial charge on any atom is 0.251 e. The molecule has 0 fully saturated rings. The first kappa shape index (κ1) is 16.0. The van der Waals surface area contributed by atoms with Gasteiger partial charge in [0.15, 0.2) is 5.78 Å². The van der Waals surface area contributed by atoms with Gasteiger partial charge in [-0.2, -0.15) is 5.10 Å². The predicted molar refractivity (Wildman–Crippen MR) is 95.5 cm³/mol. The number of hydrogen-bond acceptors (Lipinski definition) is 4.